The number of ether oxygens (including phenoxy) is 1. The smallest absolute Gasteiger partial charge is 0.341 e. The van der Waals surface area contributed by atoms with Crippen LogP contribution in [-0.4, -0.2) is 37.8 Å². The summed E-state index contributed by atoms with van der Waals surface area (Å²) in [5, 5.41) is 7.88. The van der Waals surface area contributed by atoms with Crippen molar-refractivity contribution in [2.75, 3.05) is 11.9 Å². The molecule has 0 saturated carbocycles. The van der Waals surface area contributed by atoms with Gasteiger partial charge in [-0.05, 0) is 64.5 Å². The molecule has 1 aliphatic rings. The molecule has 0 aromatic carbocycles. The number of thiophene rings is 1. The maximum atomic E-state index is 13.3. The van der Waals surface area contributed by atoms with Gasteiger partial charge in [0.05, 0.1) is 17.9 Å². The molecule has 3 aromatic rings. The van der Waals surface area contributed by atoms with E-state index in [0.717, 1.165) is 60.4 Å². The first kappa shape index (κ1) is 25.8. The molecule has 4 rings (SSSR count). The molecule has 1 aliphatic carbocycles. The van der Waals surface area contributed by atoms with E-state index in [9.17, 15) is 14.4 Å². The molecule has 9 nitrogen and oxygen atoms in total. The van der Waals surface area contributed by atoms with Crippen molar-refractivity contribution in [1.29, 1.82) is 0 Å². The van der Waals surface area contributed by atoms with Gasteiger partial charge in [0.2, 0.25) is 11.9 Å². The molecule has 3 heterocycles. The maximum absolute atomic E-state index is 13.3. The highest BCUT2D eigenvalue weighted by Crippen LogP contribution is 2.38. The van der Waals surface area contributed by atoms with Crippen molar-refractivity contribution in [2.24, 2.45) is 0 Å². The number of esters is 1. The third-order valence-electron chi connectivity index (χ3n) is 6.20. The van der Waals surface area contributed by atoms with Gasteiger partial charge in [-0.3, -0.25) is 14.2 Å². The number of hydrogen-bond acceptors (Lipinski definition) is 7. The van der Waals surface area contributed by atoms with Gasteiger partial charge >= 0.3 is 5.97 Å². The van der Waals surface area contributed by atoms with Gasteiger partial charge < -0.3 is 10.1 Å². The van der Waals surface area contributed by atoms with Crippen molar-refractivity contribution in [2.45, 2.75) is 79.2 Å². The van der Waals surface area contributed by atoms with Crippen LogP contribution in [0.1, 0.15) is 77.4 Å². The minimum atomic E-state index is -0.418. The summed E-state index contributed by atoms with van der Waals surface area (Å²) in [5.41, 5.74) is 3.38. The minimum absolute atomic E-state index is 0.253. The highest BCUT2D eigenvalue weighted by molar-refractivity contribution is 7.17. The molecule has 3 aromatic heterocycles. The van der Waals surface area contributed by atoms with Crippen LogP contribution in [0.5, 0.6) is 0 Å². The van der Waals surface area contributed by atoms with Crippen molar-refractivity contribution < 1.29 is 14.3 Å². The van der Waals surface area contributed by atoms with Crippen molar-refractivity contribution in [3.05, 3.63) is 55.6 Å². The van der Waals surface area contributed by atoms with Gasteiger partial charge in [0.25, 0.3) is 5.56 Å². The molecule has 1 amide bonds. The van der Waals surface area contributed by atoms with Gasteiger partial charge in [-0.2, -0.15) is 5.10 Å². The van der Waals surface area contributed by atoms with Crippen LogP contribution in [0.2, 0.25) is 0 Å². The number of anilines is 1. The number of nitrogens with one attached hydrogen (secondary N) is 1. The first-order valence-corrected chi connectivity index (χ1v) is 13.4. The Kier molecular flexibility index (Phi) is 8.03. The Hall–Kier alpha value is -3.27. The van der Waals surface area contributed by atoms with Gasteiger partial charge in [0.15, 0.2) is 0 Å². The SMILES string of the molecule is CCCc1cc(=O)n(CC(=O)Nc2sc3c(c2C(=O)OCC)CCCCC3)c(-n2nc(C)cc2C)n1. The van der Waals surface area contributed by atoms with Crippen LogP contribution in [0.15, 0.2) is 16.9 Å². The predicted octanol–water partition coefficient (Wildman–Crippen LogP) is 4.14. The lowest BCUT2D eigenvalue weighted by molar-refractivity contribution is -0.116. The third-order valence-corrected chi connectivity index (χ3v) is 7.41. The molecule has 1 N–H and O–H groups in total. The minimum Gasteiger partial charge on any atom is -0.462 e. The van der Waals surface area contributed by atoms with Gasteiger partial charge in [-0.15, -0.1) is 11.3 Å². The normalized spacial score (nSPS) is 13.2. The molecular weight excluding hydrogens is 478 g/mol. The summed E-state index contributed by atoms with van der Waals surface area (Å²) in [6, 6.07) is 3.37. The van der Waals surface area contributed by atoms with E-state index in [1.54, 1.807) is 11.6 Å². The van der Waals surface area contributed by atoms with Crippen LogP contribution in [0.3, 0.4) is 0 Å². The summed E-state index contributed by atoms with van der Waals surface area (Å²) in [7, 11) is 0. The molecule has 36 heavy (non-hydrogen) atoms. The Morgan fingerprint density at radius 1 is 1.14 bits per heavy atom. The number of amides is 1. The number of carbonyl (C=O) groups is 2. The van der Waals surface area contributed by atoms with E-state index < -0.39 is 11.9 Å². The highest BCUT2D eigenvalue weighted by atomic mass is 32.1. The van der Waals surface area contributed by atoms with Crippen LogP contribution in [0, 0.1) is 13.8 Å². The summed E-state index contributed by atoms with van der Waals surface area (Å²) >= 11 is 1.43. The van der Waals surface area contributed by atoms with Crippen LogP contribution >= 0.6 is 11.3 Å². The van der Waals surface area contributed by atoms with E-state index in [0.29, 0.717) is 28.6 Å². The topological polar surface area (TPSA) is 108 Å². The zero-order valence-electron chi connectivity index (χ0n) is 21.3. The van der Waals surface area contributed by atoms with Crippen molar-refractivity contribution in [3.8, 4) is 5.95 Å². The molecule has 10 heteroatoms. The summed E-state index contributed by atoms with van der Waals surface area (Å²) in [6.07, 6.45) is 6.34. The fraction of sp³-hybridized carbons (Fsp3) is 0.500. The van der Waals surface area contributed by atoms with E-state index in [1.807, 2.05) is 26.8 Å². The Labute approximate surface area is 214 Å². The number of aryl methyl sites for hydroxylation is 4. The fourth-order valence-corrected chi connectivity index (χ4v) is 5.92. The lowest BCUT2D eigenvalue weighted by atomic mass is 10.1. The molecule has 0 fully saturated rings. The van der Waals surface area contributed by atoms with Crippen molar-refractivity contribution in [3.63, 3.8) is 0 Å². The Bertz CT molecular complexity index is 1340. The molecule has 0 bridgehead atoms. The van der Waals surface area contributed by atoms with Gasteiger partial charge in [-0.25, -0.2) is 14.5 Å². The third kappa shape index (κ3) is 5.43. The van der Waals surface area contributed by atoms with Crippen LogP contribution in [-0.2, 0) is 35.3 Å². The Morgan fingerprint density at radius 2 is 1.92 bits per heavy atom. The van der Waals surface area contributed by atoms with E-state index >= 15 is 0 Å². The van der Waals surface area contributed by atoms with Crippen molar-refractivity contribution >= 4 is 28.2 Å². The summed E-state index contributed by atoms with van der Waals surface area (Å²) in [4.78, 5) is 45.0. The van der Waals surface area contributed by atoms with Crippen LogP contribution in [0.4, 0.5) is 5.00 Å². The monoisotopic (exact) mass is 511 g/mol. The first-order chi connectivity index (χ1) is 17.3. The quantitative estimate of drug-likeness (QED) is 0.360. The van der Waals surface area contributed by atoms with Crippen LogP contribution < -0.4 is 10.9 Å². The van der Waals surface area contributed by atoms with Crippen molar-refractivity contribution in [1.82, 2.24) is 19.3 Å². The fourth-order valence-electron chi connectivity index (χ4n) is 4.63. The predicted molar refractivity (Wildman–Crippen MR) is 139 cm³/mol. The molecule has 0 spiro atoms. The second-order valence-electron chi connectivity index (χ2n) is 9.10. The van der Waals surface area contributed by atoms with E-state index in [2.05, 4.69) is 15.4 Å². The molecule has 0 saturated heterocycles. The zero-order valence-corrected chi connectivity index (χ0v) is 22.2. The van der Waals surface area contributed by atoms with E-state index in [4.69, 9.17) is 4.74 Å². The van der Waals surface area contributed by atoms with E-state index in [1.165, 1.54) is 22.0 Å². The molecule has 192 valence electrons. The molecule has 0 aliphatic heterocycles. The second kappa shape index (κ2) is 11.2. The lowest BCUT2D eigenvalue weighted by Gasteiger charge is -2.14. The number of carbonyl (C=O) groups excluding carboxylic acids is 2. The number of hydrogen-bond donors (Lipinski definition) is 1. The molecule has 0 atom stereocenters. The Morgan fingerprint density at radius 3 is 2.61 bits per heavy atom. The molecule has 0 radical (unpaired) electrons. The number of nitrogens with zero attached hydrogens (tertiary/aromatic N) is 4. The lowest BCUT2D eigenvalue weighted by Crippen LogP contribution is -2.32. The average molecular weight is 512 g/mol. The summed E-state index contributed by atoms with van der Waals surface area (Å²) < 4.78 is 8.25. The van der Waals surface area contributed by atoms with Gasteiger partial charge in [0, 0.05) is 22.3 Å². The van der Waals surface area contributed by atoms with Gasteiger partial charge in [-0.1, -0.05) is 19.8 Å². The molecule has 0 unspecified atom stereocenters. The van der Waals surface area contributed by atoms with Crippen LogP contribution in [0.25, 0.3) is 5.95 Å². The standard InChI is InChI=1S/C26H33N5O4S/c1-5-10-18-14-22(33)30(26(27-18)31-17(4)13-16(3)29-31)15-21(32)28-24-23(25(34)35-6-2)19-11-8-7-9-12-20(19)36-24/h13-14H,5-12,15H2,1-4H3,(H,28,32). The molecular formula is C26H33N5O4S. The second-order valence-corrected chi connectivity index (χ2v) is 10.2. The average Bonchev–Trinajstić information content (AvgIpc) is 3.24. The van der Waals surface area contributed by atoms with Gasteiger partial charge in [0.1, 0.15) is 11.5 Å². The van der Waals surface area contributed by atoms with E-state index in [-0.39, 0.29) is 18.7 Å². The Balaban J connectivity index is 1.69. The first-order valence-electron chi connectivity index (χ1n) is 12.6. The maximum Gasteiger partial charge on any atom is 0.341 e. The summed E-state index contributed by atoms with van der Waals surface area (Å²) in [6.45, 7) is 7.54. The largest absolute Gasteiger partial charge is 0.462 e. The number of aromatic nitrogens is 4. The number of fused-ring (bicyclic) bond motifs is 1. The highest BCUT2D eigenvalue weighted by Gasteiger charge is 2.27. The zero-order chi connectivity index (χ0) is 25.8. The summed E-state index contributed by atoms with van der Waals surface area (Å²) in [5.74, 6) is -0.524. The number of rotatable bonds is 8.